The summed E-state index contributed by atoms with van der Waals surface area (Å²) in [5, 5.41) is 27.7. The third kappa shape index (κ3) is 4.86. The number of fused-ring (bicyclic) bond motifs is 4. The van der Waals surface area contributed by atoms with Crippen molar-refractivity contribution in [2.45, 2.75) is 46.4 Å². The summed E-state index contributed by atoms with van der Waals surface area (Å²) in [6.45, 7) is 12.0. The van der Waals surface area contributed by atoms with Gasteiger partial charge in [-0.3, -0.25) is 19.6 Å². The molecule has 1 aliphatic heterocycles. The molecule has 210 valence electrons. The molecular formula is C28H34N8O4. The second kappa shape index (κ2) is 11.0. The second-order valence-electron chi connectivity index (χ2n) is 9.87. The standard InChI is InChI=1S/C28H34N8O4/c1-7-25(38)35-13-17(4)40-28-26(18(5)32-34(28)6)22-11-20-21(30-31-23(20)12-29-22)10-9-19-24(14-35)36(16(3)15-37)33-27(19)39-8-2/h7,9-12,16-17,37H,1,8,13-15H2,2-6H3,(H,30,31)/b10-9+. The topological polar surface area (TPSA) is 136 Å². The van der Waals surface area contributed by atoms with E-state index in [4.69, 9.17) is 9.47 Å². The first kappa shape index (κ1) is 27.1. The van der Waals surface area contributed by atoms with Crippen molar-refractivity contribution < 1.29 is 19.4 Å². The number of aryl methyl sites for hydroxylation is 2. The second-order valence-corrected chi connectivity index (χ2v) is 9.87. The molecule has 0 radical (unpaired) electrons. The molecule has 2 atom stereocenters. The molecule has 12 nitrogen and oxygen atoms in total. The van der Waals surface area contributed by atoms with Gasteiger partial charge in [0.2, 0.25) is 17.7 Å². The van der Waals surface area contributed by atoms with Crippen LogP contribution in [0.3, 0.4) is 0 Å². The van der Waals surface area contributed by atoms with Gasteiger partial charge in [0.05, 0.1) is 78.0 Å². The minimum absolute atomic E-state index is 0.138. The number of rotatable bonds is 5. The van der Waals surface area contributed by atoms with Gasteiger partial charge in [0.15, 0.2) is 0 Å². The summed E-state index contributed by atoms with van der Waals surface area (Å²) < 4.78 is 15.7. The molecule has 0 aromatic carbocycles. The number of nitrogens with one attached hydrogen (secondary N) is 1. The zero-order chi connectivity index (χ0) is 28.6. The van der Waals surface area contributed by atoms with Gasteiger partial charge >= 0.3 is 0 Å². The number of ether oxygens (including phenoxy) is 2. The van der Waals surface area contributed by atoms with Gasteiger partial charge in [-0.2, -0.15) is 10.2 Å². The molecule has 2 N–H and O–H groups in total. The van der Waals surface area contributed by atoms with Gasteiger partial charge in [-0.15, -0.1) is 5.10 Å². The van der Waals surface area contributed by atoms with Crippen molar-refractivity contribution in [2.75, 3.05) is 19.8 Å². The number of aromatic amines is 1. The Labute approximate surface area is 231 Å². The van der Waals surface area contributed by atoms with Crippen LogP contribution in [0.15, 0.2) is 24.9 Å². The Kier molecular flexibility index (Phi) is 7.44. The van der Waals surface area contributed by atoms with Crippen LogP contribution in [0.1, 0.15) is 49.5 Å². The highest BCUT2D eigenvalue weighted by molar-refractivity contribution is 5.92. The summed E-state index contributed by atoms with van der Waals surface area (Å²) in [6.07, 6.45) is 6.39. The van der Waals surface area contributed by atoms with E-state index in [-0.39, 0.29) is 31.6 Å². The molecule has 4 aromatic heterocycles. The van der Waals surface area contributed by atoms with Gasteiger partial charge in [-0.1, -0.05) is 6.58 Å². The van der Waals surface area contributed by atoms with Crippen LogP contribution < -0.4 is 9.47 Å². The lowest BCUT2D eigenvalue weighted by Crippen LogP contribution is -2.38. The van der Waals surface area contributed by atoms with E-state index in [1.165, 1.54) is 6.08 Å². The highest BCUT2D eigenvalue weighted by Crippen LogP contribution is 2.35. The lowest BCUT2D eigenvalue weighted by atomic mass is 10.1. The average molecular weight is 547 g/mol. The largest absolute Gasteiger partial charge is 0.476 e. The summed E-state index contributed by atoms with van der Waals surface area (Å²) in [6, 6.07) is 1.61. The summed E-state index contributed by atoms with van der Waals surface area (Å²) in [7, 11) is 1.82. The number of amides is 1. The van der Waals surface area contributed by atoms with Crippen molar-refractivity contribution in [1.29, 1.82) is 0 Å². The monoisotopic (exact) mass is 546 g/mol. The number of hydrogen-bond acceptors (Lipinski definition) is 8. The first-order chi connectivity index (χ1) is 19.2. The predicted molar refractivity (Wildman–Crippen MR) is 151 cm³/mol. The fraction of sp³-hybridized carbons (Fsp3) is 0.393. The van der Waals surface area contributed by atoms with E-state index in [1.54, 1.807) is 20.5 Å². The molecule has 4 aromatic rings. The molecule has 0 saturated carbocycles. The van der Waals surface area contributed by atoms with E-state index in [0.717, 1.165) is 22.2 Å². The van der Waals surface area contributed by atoms with Crippen molar-refractivity contribution in [3.8, 4) is 23.0 Å². The third-order valence-electron chi connectivity index (χ3n) is 6.91. The smallest absolute Gasteiger partial charge is 0.246 e. The Morgan fingerprint density at radius 3 is 2.90 bits per heavy atom. The molecule has 0 aliphatic carbocycles. The van der Waals surface area contributed by atoms with Crippen LogP contribution in [0, 0.1) is 6.92 Å². The number of aliphatic hydroxyl groups excluding tert-OH is 1. The van der Waals surface area contributed by atoms with Crippen LogP contribution in [0.5, 0.6) is 11.8 Å². The third-order valence-corrected chi connectivity index (χ3v) is 6.91. The zero-order valence-electron chi connectivity index (χ0n) is 23.4. The SMILES string of the molecule is C=CC(=O)N1Cc2c(c(OCC)nn2C(C)CO)/C=C/c2n[nH]c3cnc(cc23)-c2c(C)nn(C)c2OC(C)C1. The van der Waals surface area contributed by atoms with Gasteiger partial charge in [0.25, 0.3) is 0 Å². The number of pyridine rings is 1. The zero-order valence-corrected chi connectivity index (χ0v) is 23.4. The van der Waals surface area contributed by atoms with Crippen LogP contribution in [-0.4, -0.2) is 76.5 Å². The van der Waals surface area contributed by atoms with Crippen molar-refractivity contribution >= 4 is 29.0 Å². The number of aliphatic hydroxyl groups is 1. The van der Waals surface area contributed by atoms with E-state index in [9.17, 15) is 9.90 Å². The first-order valence-electron chi connectivity index (χ1n) is 13.2. The van der Waals surface area contributed by atoms with Crippen LogP contribution in [0.25, 0.3) is 34.3 Å². The Balaban J connectivity index is 1.76. The maximum Gasteiger partial charge on any atom is 0.246 e. The van der Waals surface area contributed by atoms with Gasteiger partial charge in [0, 0.05) is 12.4 Å². The lowest BCUT2D eigenvalue weighted by Gasteiger charge is -2.27. The van der Waals surface area contributed by atoms with Crippen LogP contribution in [-0.2, 0) is 18.4 Å². The quantitative estimate of drug-likeness (QED) is 0.364. The van der Waals surface area contributed by atoms with Crippen molar-refractivity contribution in [2.24, 2.45) is 7.05 Å². The Bertz CT molecular complexity index is 1600. The molecule has 2 bridgehead atoms. The molecule has 12 heteroatoms. The summed E-state index contributed by atoms with van der Waals surface area (Å²) in [4.78, 5) is 19.4. The molecule has 40 heavy (non-hydrogen) atoms. The minimum atomic E-state index is -0.409. The molecule has 1 aliphatic rings. The van der Waals surface area contributed by atoms with Crippen molar-refractivity contribution in [1.82, 2.24) is 39.6 Å². The number of nitrogens with zero attached hydrogens (tertiary/aromatic N) is 7. The van der Waals surface area contributed by atoms with Crippen LogP contribution >= 0.6 is 0 Å². The van der Waals surface area contributed by atoms with Crippen LogP contribution in [0.4, 0.5) is 0 Å². The van der Waals surface area contributed by atoms with E-state index in [2.05, 4.69) is 32.0 Å². The van der Waals surface area contributed by atoms with E-state index >= 15 is 0 Å². The van der Waals surface area contributed by atoms with E-state index in [0.29, 0.717) is 41.0 Å². The predicted octanol–water partition coefficient (Wildman–Crippen LogP) is 3.28. The van der Waals surface area contributed by atoms with Crippen molar-refractivity contribution in [3.63, 3.8) is 0 Å². The molecule has 1 amide bonds. The van der Waals surface area contributed by atoms with E-state index < -0.39 is 6.10 Å². The number of aromatic nitrogens is 7. The molecular weight excluding hydrogens is 512 g/mol. The van der Waals surface area contributed by atoms with Crippen LogP contribution in [0.2, 0.25) is 0 Å². The van der Waals surface area contributed by atoms with Crippen molar-refractivity contribution in [3.05, 3.63) is 47.6 Å². The van der Waals surface area contributed by atoms with Gasteiger partial charge < -0.3 is 19.5 Å². The highest BCUT2D eigenvalue weighted by atomic mass is 16.5. The molecule has 5 rings (SSSR count). The molecule has 0 fully saturated rings. The Morgan fingerprint density at radius 2 is 2.17 bits per heavy atom. The number of carbonyl (C=O) groups excluding carboxylic acids is 1. The van der Waals surface area contributed by atoms with E-state index in [1.807, 2.05) is 53.0 Å². The summed E-state index contributed by atoms with van der Waals surface area (Å²) >= 11 is 0. The maximum absolute atomic E-state index is 13.1. The molecule has 2 unspecified atom stereocenters. The fourth-order valence-corrected chi connectivity index (χ4v) is 4.98. The fourth-order valence-electron chi connectivity index (χ4n) is 4.98. The van der Waals surface area contributed by atoms with Gasteiger partial charge in [-0.05, 0) is 52.0 Å². The minimum Gasteiger partial charge on any atom is -0.476 e. The lowest BCUT2D eigenvalue weighted by molar-refractivity contribution is -0.127. The van der Waals surface area contributed by atoms with Gasteiger partial charge in [-0.25, -0.2) is 4.68 Å². The highest BCUT2D eigenvalue weighted by Gasteiger charge is 2.27. The molecule has 5 heterocycles. The summed E-state index contributed by atoms with van der Waals surface area (Å²) in [5.41, 5.74) is 5.12. The Morgan fingerprint density at radius 1 is 1.38 bits per heavy atom. The first-order valence-corrected chi connectivity index (χ1v) is 13.2. The molecule has 0 spiro atoms. The van der Waals surface area contributed by atoms with Gasteiger partial charge in [0.1, 0.15) is 6.10 Å². The normalized spacial score (nSPS) is 16.9. The average Bonchev–Trinajstić information content (AvgIpc) is 3.58. The Hall–Kier alpha value is -4.45. The molecule has 0 saturated heterocycles. The summed E-state index contributed by atoms with van der Waals surface area (Å²) in [5.74, 6) is 0.697. The maximum atomic E-state index is 13.1. The number of carbonyl (C=O) groups is 1. The number of hydrogen-bond donors (Lipinski definition) is 2. The number of H-pyrrole nitrogens is 1.